The molecule has 0 amide bonds. The summed E-state index contributed by atoms with van der Waals surface area (Å²) in [5, 5.41) is 10.5. The lowest BCUT2D eigenvalue weighted by Gasteiger charge is -1.96. The van der Waals surface area contributed by atoms with E-state index < -0.39 is 15.9 Å². The van der Waals surface area contributed by atoms with Gasteiger partial charge in [-0.3, -0.25) is 9.66 Å². The molecule has 0 heterocycles. The lowest BCUT2D eigenvalue weighted by molar-refractivity contribution is 0.355. The summed E-state index contributed by atoms with van der Waals surface area (Å²) >= 11 is 5.33. The zero-order valence-electron chi connectivity index (χ0n) is 5.69. The summed E-state index contributed by atoms with van der Waals surface area (Å²) in [4.78, 5) is -0.382. The summed E-state index contributed by atoms with van der Waals surface area (Å²) in [7, 11) is -4.27. The Morgan fingerprint density at radius 1 is 1.33 bits per heavy atom. The van der Waals surface area contributed by atoms with Crippen LogP contribution in [0.1, 0.15) is 0 Å². The molecule has 0 aliphatic heterocycles. The van der Waals surface area contributed by atoms with E-state index in [0.717, 1.165) is 18.2 Å². The summed E-state index contributed by atoms with van der Waals surface area (Å²) in [6.07, 6.45) is 0. The minimum absolute atomic E-state index is 0.231. The van der Waals surface area contributed by atoms with Crippen molar-refractivity contribution in [1.29, 1.82) is 0 Å². The predicted octanol–water partition coefficient (Wildman–Crippen LogP) is 1.73. The Labute approximate surface area is 74.2 Å². The average molecular weight is 208 g/mol. The van der Waals surface area contributed by atoms with Crippen molar-refractivity contribution >= 4 is 21.7 Å². The first-order chi connectivity index (χ1) is 5.41. The molecule has 0 saturated carbocycles. The van der Waals surface area contributed by atoms with Gasteiger partial charge in [-0.1, -0.05) is 11.6 Å². The number of hydrogen-bond acceptors (Lipinski definition) is 2. The van der Waals surface area contributed by atoms with Crippen LogP contribution in [-0.2, 0) is 15.2 Å². The fourth-order valence-electron chi connectivity index (χ4n) is 0.642. The lowest BCUT2D eigenvalue weighted by Crippen LogP contribution is -1.96. The molecule has 1 radical (unpaired) electrons. The highest BCUT2D eigenvalue weighted by Gasteiger charge is 2.11. The molecule has 0 spiro atoms. The van der Waals surface area contributed by atoms with Crippen LogP contribution in [0.2, 0.25) is 5.02 Å². The van der Waals surface area contributed by atoms with Gasteiger partial charge in [-0.05, 0) is 18.2 Å². The summed E-state index contributed by atoms with van der Waals surface area (Å²) in [5.41, 5.74) is 0. The smallest absolute Gasteiger partial charge is 0.288 e. The van der Waals surface area contributed by atoms with Crippen molar-refractivity contribution in [2.45, 2.75) is 4.90 Å². The molecular weight excluding hydrogens is 204 g/mol. The first-order valence-electron chi connectivity index (χ1n) is 2.85. The Morgan fingerprint density at radius 2 is 1.92 bits per heavy atom. The van der Waals surface area contributed by atoms with Crippen LogP contribution in [0.25, 0.3) is 0 Å². The minimum atomic E-state index is -4.27. The van der Waals surface area contributed by atoms with Crippen LogP contribution < -0.4 is 0 Å². The molecule has 6 heteroatoms. The lowest BCUT2D eigenvalue weighted by atomic mass is 10.3. The van der Waals surface area contributed by atoms with E-state index in [4.69, 9.17) is 16.2 Å². The van der Waals surface area contributed by atoms with E-state index in [-0.39, 0.29) is 9.92 Å². The summed E-state index contributed by atoms with van der Waals surface area (Å²) in [6, 6.07) is 2.87. The van der Waals surface area contributed by atoms with E-state index in [1.807, 2.05) is 0 Å². The van der Waals surface area contributed by atoms with Crippen LogP contribution in [0.15, 0.2) is 23.1 Å². The molecule has 1 rings (SSSR count). The molecule has 0 atom stereocenters. The highest BCUT2D eigenvalue weighted by molar-refractivity contribution is 7.85. The molecule has 0 bridgehead atoms. The third-order valence-corrected chi connectivity index (χ3v) is 2.35. The average Bonchev–Trinajstić information content (AvgIpc) is 1.92. The van der Waals surface area contributed by atoms with Gasteiger partial charge in [0.25, 0.3) is 10.1 Å². The molecule has 0 saturated heterocycles. The SMILES string of the molecule is [O]c1ccc(S(=O)(=O)O)cc1Cl. The van der Waals surface area contributed by atoms with E-state index in [1.165, 1.54) is 0 Å². The molecule has 1 aromatic rings. The van der Waals surface area contributed by atoms with Gasteiger partial charge in [0.05, 0.1) is 9.92 Å². The molecule has 65 valence electrons. The van der Waals surface area contributed by atoms with Gasteiger partial charge in [0.1, 0.15) is 0 Å². The second kappa shape index (κ2) is 2.93. The van der Waals surface area contributed by atoms with Crippen LogP contribution in [-0.4, -0.2) is 13.0 Å². The zero-order chi connectivity index (χ0) is 9.35. The van der Waals surface area contributed by atoms with Crippen LogP contribution >= 0.6 is 11.6 Å². The van der Waals surface area contributed by atoms with Gasteiger partial charge in [0, 0.05) is 0 Å². The van der Waals surface area contributed by atoms with Gasteiger partial charge in [0.2, 0.25) is 0 Å². The van der Waals surface area contributed by atoms with Crippen molar-refractivity contribution in [2.75, 3.05) is 0 Å². The monoisotopic (exact) mass is 207 g/mol. The second-order valence-corrected chi connectivity index (χ2v) is 3.90. The first-order valence-corrected chi connectivity index (χ1v) is 4.67. The Balaban J connectivity index is 3.33. The van der Waals surface area contributed by atoms with E-state index >= 15 is 0 Å². The van der Waals surface area contributed by atoms with Crippen molar-refractivity contribution < 1.29 is 18.1 Å². The van der Waals surface area contributed by atoms with Gasteiger partial charge < -0.3 is 0 Å². The maximum absolute atomic E-state index is 10.7. The predicted molar refractivity (Wildman–Crippen MR) is 41.4 cm³/mol. The van der Waals surface area contributed by atoms with Gasteiger partial charge >= 0.3 is 0 Å². The normalized spacial score (nSPS) is 11.5. The molecule has 0 aliphatic rings. The largest absolute Gasteiger partial charge is 0.294 e. The van der Waals surface area contributed by atoms with E-state index in [2.05, 4.69) is 0 Å². The zero-order valence-corrected chi connectivity index (χ0v) is 7.26. The third kappa shape index (κ3) is 1.88. The van der Waals surface area contributed by atoms with Crippen molar-refractivity contribution in [3.63, 3.8) is 0 Å². The minimum Gasteiger partial charge on any atom is -0.288 e. The van der Waals surface area contributed by atoms with Gasteiger partial charge in [-0.2, -0.15) is 8.42 Å². The Kier molecular flexibility index (Phi) is 2.27. The molecule has 0 aromatic heterocycles. The molecule has 4 nitrogen and oxygen atoms in total. The molecule has 0 aliphatic carbocycles. The number of halogens is 1. The van der Waals surface area contributed by atoms with E-state index in [9.17, 15) is 13.5 Å². The quantitative estimate of drug-likeness (QED) is 0.713. The van der Waals surface area contributed by atoms with Gasteiger partial charge in [-0.25, -0.2) is 0 Å². The van der Waals surface area contributed by atoms with Crippen LogP contribution in [0.3, 0.4) is 0 Å². The Morgan fingerprint density at radius 3 is 2.33 bits per heavy atom. The van der Waals surface area contributed by atoms with Crippen LogP contribution in [0.5, 0.6) is 5.75 Å². The number of benzene rings is 1. The second-order valence-electron chi connectivity index (χ2n) is 2.07. The van der Waals surface area contributed by atoms with Gasteiger partial charge in [0.15, 0.2) is 5.75 Å². The van der Waals surface area contributed by atoms with E-state index in [0.29, 0.717) is 0 Å². The molecule has 1 N–H and O–H groups in total. The van der Waals surface area contributed by atoms with Crippen molar-refractivity contribution in [1.82, 2.24) is 0 Å². The molecule has 0 unspecified atom stereocenters. The van der Waals surface area contributed by atoms with Gasteiger partial charge in [-0.15, -0.1) is 0 Å². The van der Waals surface area contributed by atoms with Crippen LogP contribution in [0.4, 0.5) is 0 Å². The van der Waals surface area contributed by atoms with Crippen molar-refractivity contribution in [2.24, 2.45) is 0 Å². The molecule has 1 aromatic carbocycles. The van der Waals surface area contributed by atoms with Crippen molar-refractivity contribution in [3.8, 4) is 5.75 Å². The standard InChI is InChI=1S/C6H4ClO4S/c7-5-3-4(12(9,10)11)1-2-6(5)8/h1-3H,(H,9,10,11). The first kappa shape index (κ1) is 9.31. The maximum atomic E-state index is 10.7. The molecule has 12 heavy (non-hydrogen) atoms. The maximum Gasteiger partial charge on any atom is 0.294 e. The number of rotatable bonds is 1. The van der Waals surface area contributed by atoms with E-state index in [1.54, 1.807) is 0 Å². The summed E-state index contributed by atoms with van der Waals surface area (Å²) in [6.45, 7) is 0. The Bertz CT molecular complexity index is 398. The highest BCUT2D eigenvalue weighted by atomic mass is 35.5. The summed E-state index contributed by atoms with van der Waals surface area (Å²) < 4.78 is 29.5. The van der Waals surface area contributed by atoms with Crippen molar-refractivity contribution in [3.05, 3.63) is 23.2 Å². The topological polar surface area (TPSA) is 74.3 Å². The molecular formula is C6H4ClO4S. The summed E-state index contributed by atoms with van der Waals surface area (Å²) in [5.74, 6) is -0.482. The third-order valence-electron chi connectivity index (χ3n) is 1.20. The molecule has 0 fully saturated rings. The highest BCUT2D eigenvalue weighted by Crippen LogP contribution is 2.25. The van der Waals surface area contributed by atoms with Crippen LogP contribution in [0, 0.1) is 0 Å². The number of hydrogen-bond donors (Lipinski definition) is 1. The fourth-order valence-corrected chi connectivity index (χ4v) is 1.39. The fraction of sp³-hybridized carbons (Fsp3) is 0. The Hall–Kier alpha value is -0.780.